The van der Waals surface area contributed by atoms with Crippen molar-refractivity contribution in [1.82, 2.24) is 4.90 Å². The van der Waals surface area contributed by atoms with E-state index in [-0.39, 0.29) is 25.0 Å². The number of aliphatic hydroxyl groups excluding tert-OH is 1. The third kappa shape index (κ3) is 4.03. The Morgan fingerprint density at radius 1 is 1.47 bits per heavy atom. The summed E-state index contributed by atoms with van der Waals surface area (Å²) in [6, 6.07) is 4.00. The number of nitrogens with zero attached hydrogens (tertiary/aromatic N) is 1. The molecule has 0 bridgehead atoms. The average Bonchev–Trinajstić information content (AvgIpc) is 2.24. The van der Waals surface area contributed by atoms with Crippen molar-refractivity contribution in [3.63, 3.8) is 0 Å². The van der Waals surface area contributed by atoms with Crippen molar-refractivity contribution in [2.24, 2.45) is 0 Å². The Bertz CT molecular complexity index is 376. The molecule has 1 aromatic rings. The van der Waals surface area contributed by atoms with Gasteiger partial charge in [0.1, 0.15) is 5.82 Å². The molecule has 1 aromatic carbocycles. The fraction of sp³-hybridized carbons (Fsp3) is 0.417. The van der Waals surface area contributed by atoms with Gasteiger partial charge in [-0.25, -0.2) is 9.18 Å². The number of nitrogens with one attached hydrogen (secondary N) is 1. The molecule has 0 saturated heterocycles. The summed E-state index contributed by atoms with van der Waals surface area (Å²) in [5, 5.41) is 11.4. The summed E-state index contributed by atoms with van der Waals surface area (Å²) in [4.78, 5) is 13.2. The Hall–Kier alpha value is -1.62. The highest BCUT2D eigenvalue weighted by Gasteiger charge is 2.11. The van der Waals surface area contributed by atoms with E-state index in [1.807, 2.05) is 6.92 Å². The van der Waals surface area contributed by atoms with Crippen LogP contribution in [0.15, 0.2) is 18.2 Å². The standard InChI is InChI=1S/C12H17FN2O2/c1-3-15(4-5-16)12(17)14-11-7-9(2)6-10(13)8-11/h6-8,16H,3-5H2,1-2H3,(H,14,17). The molecule has 0 aromatic heterocycles. The number of amides is 2. The number of aliphatic hydroxyl groups is 1. The summed E-state index contributed by atoms with van der Waals surface area (Å²) in [6.07, 6.45) is 0. The lowest BCUT2D eigenvalue weighted by Crippen LogP contribution is -2.36. The topological polar surface area (TPSA) is 52.6 Å². The van der Waals surface area contributed by atoms with E-state index in [9.17, 15) is 9.18 Å². The normalized spacial score (nSPS) is 10.1. The predicted molar refractivity (Wildman–Crippen MR) is 64.5 cm³/mol. The smallest absolute Gasteiger partial charge is 0.321 e. The first-order valence-electron chi connectivity index (χ1n) is 5.50. The quantitative estimate of drug-likeness (QED) is 0.845. The van der Waals surface area contributed by atoms with Gasteiger partial charge in [0, 0.05) is 18.8 Å². The summed E-state index contributed by atoms with van der Waals surface area (Å²) in [5.41, 5.74) is 1.16. The van der Waals surface area contributed by atoms with Crippen molar-refractivity contribution in [3.8, 4) is 0 Å². The molecule has 0 aliphatic rings. The van der Waals surface area contributed by atoms with E-state index in [2.05, 4.69) is 5.32 Å². The molecule has 0 spiro atoms. The molecule has 4 nitrogen and oxygen atoms in total. The maximum atomic E-state index is 13.1. The van der Waals surface area contributed by atoms with E-state index in [1.54, 1.807) is 13.0 Å². The second kappa shape index (κ2) is 6.20. The van der Waals surface area contributed by atoms with Crippen molar-refractivity contribution >= 4 is 11.7 Å². The van der Waals surface area contributed by atoms with Crippen LogP contribution in [0.4, 0.5) is 14.9 Å². The first-order valence-corrected chi connectivity index (χ1v) is 5.50. The van der Waals surface area contributed by atoms with Gasteiger partial charge >= 0.3 is 6.03 Å². The predicted octanol–water partition coefficient (Wildman–Crippen LogP) is 1.98. The molecule has 5 heteroatoms. The van der Waals surface area contributed by atoms with Crippen molar-refractivity contribution in [1.29, 1.82) is 0 Å². The number of halogens is 1. The van der Waals surface area contributed by atoms with Gasteiger partial charge in [0.05, 0.1) is 6.61 Å². The Balaban J connectivity index is 2.72. The zero-order chi connectivity index (χ0) is 12.8. The molecule has 0 fully saturated rings. The van der Waals surface area contributed by atoms with Crippen LogP contribution in [0.5, 0.6) is 0 Å². The zero-order valence-electron chi connectivity index (χ0n) is 10.0. The molecule has 1 rings (SSSR count). The molecule has 17 heavy (non-hydrogen) atoms. The van der Waals surface area contributed by atoms with E-state index in [4.69, 9.17) is 5.11 Å². The lowest BCUT2D eigenvalue weighted by Gasteiger charge is -2.20. The third-order valence-electron chi connectivity index (χ3n) is 2.33. The fourth-order valence-corrected chi connectivity index (χ4v) is 1.54. The maximum Gasteiger partial charge on any atom is 0.321 e. The van der Waals surface area contributed by atoms with Gasteiger partial charge in [0.25, 0.3) is 0 Å². The number of hydrogen-bond donors (Lipinski definition) is 2. The maximum absolute atomic E-state index is 13.1. The first-order chi connectivity index (χ1) is 8.06. The van der Waals surface area contributed by atoms with Crippen LogP contribution < -0.4 is 5.32 Å². The minimum absolute atomic E-state index is 0.0938. The summed E-state index contributed by atoms with van der Waals surface area (Å²) < 4.78 is 13.1. The molecule has 0 aliphatic heterocycles. The van der Waals surface area contributed by atoms with Crippen molar-refractivity contribution in [2.75, 3.05) is 25.0 Å². The third-order valence-corrected chi connectivity index (χ3v) is 2.33. The summed E-state index contributed by atoms with van der Waals surface area (Å²) >= 11 is 0. The summed E-state index contributed by atoms with van der Waals surface area (Å²) in [5.74, 6) is -0.384. The van der Waals surface area contributed by atoms with Crippen LogP contribution in [0, 0.1) is 12.7 Å². The van der Waals surface area contributed by atoms with E-state index in [1.165, 1.54) is 17.0 Å². The number of hydrogen-bond acceptors (Lipinski definition) is 2. The van der Waals surface area contributed by atoms with Crippen LogP contribution in [0.2, 0.25) is 0 Å². The van der Waals surface area contributed by atoms with Crippen LogP contribution >= 0.6 is 0 Å². The number of benzene rings is 1. The fourth-order valence-electron chi connectivity index (χ4n) is 1.54. The lowest BCUT2D eigenvalue weighted by molar-refractivity contribution is 0.192. The van der Waals surface area contributed by atoms with Crippen molar-refractivity contribution < 1.29 is 14.3 Å². The zero-order valence-corrected chi connectivity index (χ0v) is 10.0. The van der Waals surface area contributed by atoms with Gasteiger partial charge in [-0.05, 0) is 37.6 Å². The van der Waals surface area contributed by atoms with Gasteiger partial charge in [-0.15, -0.1) is 0 Å². The molecule has 2 N–H and O–H groups in total. The Kier molecular flexibility index (Phi) is 4.90. The van der Waals surface area contributed by atoms with Gasteiger partial charge in [0.15, 0.2) is 0 Å². The van der Waals surface area contributed by atoms with Crippen LogP contribution in [-0.2, 0) is 0 Å². The van der Waals surface area contributed by atoms with Gasteiger partial charge in [0.2, 0.25) is 0 Å². The SMILES string of the molecule is CCN(CCO)C(=O)Nc1cc(C)cc(F)c1. The largest absolute Gasteiger partial charge is 0.395 e. The Morgan fingerprint density at radius 2 is 2.18 bits per heavy atom. The number of urea groups is 1. The van der Waals surface area contributed by atoms with Crippen molar-refractivity contribution in [2.45, 2.75) is 13.8 Å². The number of aryl methyl sites for hydroxylation is 1. The monoisotopic (exact) mass is 240 g/mol. The van der Waals surface area contributed by atoms with Gasteiger partial charge < -0.3 is 15.3 Å². The molecule has 0 heterocycles. The summed E-state index contributed by atoms with van der Waals surface area (Å²) in [7, 11) is 0. The molecule has 0 unspecified atom stereocenters. The molecular weight excluding hydrogens is 223 g/mol. The molecular formula is C12H17FN2O2. The minimum Gasteiger partial charge on any atom is -0.395 e. The number of likely N-dealkylation sites (N-methyl/N-ethyl adjacent to an activating group) is 1. The highest BCUT2D eigenvalue weighted by molar-refractivity contribution is 5.89. The minimum atomic E-state index is -0.384. The molecule has 94 valence electrons. The number of rotatable bonds is 4. The van der Waals surface area contributed by atoms with Gasteiger partial charge in [-0.2, -0.15) is 0 Å². The Labute approximate surface area is 100 Å². The lowest BCUT2D eigenvalue weighted by atomic mass is 10.2. The van der Waals surface area contributed by atoms with Crippen LogP contribution in [0.1, 0.15) is 12.5 Å². The second-order valence-corrected chi connectivity index (χ2v) is 3.75. The highest BCUT2D eigenvalue weighted by atomic mass is 19.1. The molecule has 2 amide bonds. The van der Waals surface area contributed by atoms with E-state index < -0.39 is 0 Å². The van der Waals surface area contributed by atoms with Crippen LogP contribution in [0.3, 0.4) is 0 Å². The number of anilines is 1. The number of carbonyl (C=O) groups excluding carboxylic acids is 1. The van der Waals surface area contributed by atoms with Crippen molar-refractivity contribution in [3.05, 3.63) is 29.6 Å². The van der Waals surface area contributed by atoms with E-state index in [0.717, 1.165) is 5.56 Å². The van der Waals surface area contributed by atoms with Crippen LogP contribution in [-0.4, -0.2) is 35.7 Å². The Morgan fingerprint density at radius 3 is 2.71 bits per heavy atom. The second-order valence-electron chi connectivity index (χ2n) is 3.75. The molecule has 0 atom stereocenters. The van der Waals surface area contributed by atoms with E-state index >= 15 is 0 Å². The molecule has 0 saturated carbocycles. The highest BCUT2D eigenvalue weighted by Crippen LogP contribution is 2.13. The first kappa shape index (κ1) is 13.4. The van der Waals surface area contributed by atoms with E-state index in [0.29, 0.717) is 12.2 Å². The molecule has 0 aliphatic carbocycles. The molecule has 0 radical (unpaired) electrons. The summed E-state index contributed by atoms with van der Waals surface area (Å²) in [6.45, 7) is 4.22. The van der Waals surface area contributed by atoms with Gasteiger partial charge in [-0.3, -0.25) is 0 Å². The number of carbonyl (C=O) groups is 1. The van der Waals surface area contributed by atoms with Gasteiger partial charge in [-0.1, -0.05) is 0 Å². The van der Waals surface area contributed by atoms with Crippen LogP contribution in [0.25, 0.3) is 0 Å². The average molecular weight is 240 g/mol.